The molecule has 5 rings (SSSR count). The maximum Gasteiger partial charge on any atom is 0.262 e. The summed E-state index contributed by atoms with van der Waals surface area (Å²) in [7, 11) is 2.14. The van der Waals surface area contributed by atoms with Crippen LogP contribution in [0.4, 0.5) is 5.82 Å². The van der Waals surface area contributed by atoms with E-state index in [2.05, 4.69) is 43.8 Å². The number of nitrogens with zero attached hydrogens (tertiary/aromatic N) is 6. The van der Waals surface area contributed by atoms with E-state index < -0.39 is 0 Å². The monoisotopic (exact) mass is 546 g/mol. The molecule has 0 bridgehead atoms. The van der Waals surface area contributed by atoms with Crippen LogP contribution >= 0.6 is 48.6 Å². The van der Waals surface area contributed by atoms with Crippen LogP contribution in [-0.4, -0.2) is 70.7 Å². The summed E-state index contributed by atoms with van der Waals surface area (Å²) in [4.78, 5) is 31.9. The highest BCUT2D eigenvalue weighted by atomic mass is 35.5. The Hall–Kier alpha value is -1.42. The van der Waals surface area contributed by atoms with Crippen molar-refractivity contribution >= 4 is 64.6 Å². The summed E-state index contributed by atoms with van der Waals surface area (Å²) in [5, 5.41) is 0.864. The van der Waals surface area contributed by atoms with Gasteiger partial charge in [-0.15, -0.1) is 48.6 Å². The lowest BCUT2D eigenvalue weighted by molar-refractivity contribution is 0.279. The van der Waals surface area contributed by atoms with Crippen molar-refractivity contribution in [2.24, 2.45) is 0 Å². The molecule has 2 aliphatic rings. The van der Waals surface area contributed by atoms with Crippen molar-refractivity contribution in [1.29, 1.82) is 0 Å². The average molecular weight is 548 g/mol. The first-order chi connectivity index (χ1) is 15.1. The predicted molar refractivity (Wildman–Crippen MR) is 148 cm³/mol. The van der Waals surface area contributed by atoms with E-state index in [1.54, 1.807) is 17.7 Å². The van der Waals surface area contributed by atoms with Gasteiger partial charge in [0, 0.05) is 56.4 Å². The number of aryl methyl sites for hydroxylation is 1. The number of thiophene rings is 1. The fraction of sp³-hybridized carbons (Fsp3) is 0.522. The normalized spacial score (nSPS) is 16.7. The second-order valence-electron chi connectivity index (χ2n) is 8.73. The molecule has 1 saturated heterocycles. The van der Waals surface area contributed by atoms with E-state index in [9.17, 15) is 4.79 Å². The Labute approximate surface area is 223 Å². The van der Waals surface area contributed by atoms with E-state index >= 15 is 0 Å². The molecule has 3 aromatic heterocycles. The number of anilines is 1. The molecule has 0 unspecified atom stereocenters. The summed E-state index contributed by atoms with van der Waals surface area (Å²) in [5.74, 6) is 1.07. The molecule has 0 saturated carbocycles. The second kappa shape index (κ2) is 12.5. The largest absolute Gasteiger partial charge is 0.355 e. The SMILES string of the molecule is Cc1cccc(N2CCCN(CCn3cnc4sc5c(c4c3=O)CCN(C)C5)CC2)n1.Cl.Cl.Cl. The van der Waals surface area contributed by atoms with Gasteiger partial charge in [0.1, 0.15) is 10.6 Å². The standard InChI is InChI=1S/C23H30N6OS.3ClH/c1-17-5-3-6-20(25-17)28-9-4-8-27(11-13-28)12-14-29-16-24-22-21(23(29)30)18-7-10-26(2)15-19(18)31-22;;;/h3,5-6,16H,4,7-15H2,1-2H3;3*1H. The fourth-order valence-corrected chi connectivity index (χ4v) is 5.94. The molecular weight excluding hydrogens is 515 g/mol. The summed E-state index contributed by atoms with van der Waals surface area (Å²) >= 11 is 1.69. The highest BCUT2D eigenvalue weighted by molar-refractivity contribution is 7.18. The van der Waals surface area contributed by atoms with Crippen molar-refractivity contribution in [2.45, 2.75) is 32.9 Å². The van der Waals surface area contributed by atoms with Gasteiger partial charge in [0.2, 0.25) is 0 Å². The van der Waals surface area contributed by atoms with E-state index in [1.807, 2.05) is 17.6 Å². The Balaban J connectivity index is 0.00000136. The molecule has 188 valence electrons. The Kier molecular flexibility index (Phi) is 10.6. The van der Waals surface area contributed by atoms with Crippen molar-refractivity contribution in [3.05, 3.63) is 51.0 Å². The van der Waals surface area contributed by atoms with Gasteiger partial charge >= 0.3 is 0 Å². The number of hydrogen-bond acceptors (Lipinski definition) is 7. The topological polar surface area (TPSA) is 57.5 Å². The fourth-order valence-electron chi connectivity index (χ4n) is 4.68. The van der Waals surface area contributed by atoms with Gasteiger partial charge in [-0.05, 0) is 51.1 Å². The van der Waals surface area contributed by atoms with Crippen molar-refractivity contribution in [3.63, 3.8) is 0 Å². The van der Waals surface area contributed by atoms with E-state index in [4.69, 9.17) is 0 Å². The summed E-state index contributed by atoms with van der Waals surface area (Å²) in [6.45, 7) is 9.56. The molecule has 0 aliphatic carbocycles. The van der Waals surface area contributed by atoms with Crippen LogP contribution in [0.25, 0.3) is 10.2 Å². The lowest BCUT2D eigenvalue weighted by Crippen LogP contribution is -2.35. The van der Waals surface area contributed by atoms with Crippen LogP contribution in [0.15, 0.2) is 29.3 Å². The molecule has 0 spiro atoms. The number of halogens is 3. The predicted octanol–water partition coefficient (Wildman–Crippen LogP) is 3.63. The zero-order chi connectivity index (χ0) is 21.4. The molecule has 11 heteroatoms. The van der Waals surface area contributed by atoms with Gasteiger partial charge in [0.25, 0.3) is 5.56 Å². The molecular formula is C23H33Cl3N6OS. The molecule has 0 amide bonds. The molecule has 1 fully saturated rings. The number of likely N-dealkylation sites (N-methyl/N-ethyl adjacent to an activating group) is 1. The van der Waals surface area contributed by atoms with Gasteiger partial charge in [-0.25, -0.2) is 9.97 Å². The van der Waals surface area contributed by atoms with Crippen LogP contribution in [0.2, 0.25) is 0 Å². The highest BCUT2D eigenvalue weighted by Crippen LogP contribution is 2.31. The van der Waals surface area contributed by atoms with E-state index in [0.29, 0.717) is 6.54 Å². The van der Waals surface area contributed by atoms with Gasteiger partial charge in [0.05, 0.1) is 11.7 Å². The van der Waals surface area contributed by atoms with Gasteiger partial charge in [-0.3, -0.25) is 14.3 Å². The maximum absolute atomic E-state index is 13.2. The zero-order valence-corrected chi connectivity index (χ0v) is 22.9. The minimum atomic E-state index is 0. The van der Waals surface area contributed by atoms with Crippen molar-refractivity contribution < 1.29 is 0 Å². The summed E-state index contributed by atoms with van der Waals surface area (Å²) in [6, 6.07) is 6.22. The lowest BCUT2D eigenvalue weighted by Gasteiger charge is -2.23. The van der Waals surface area contributed by atoms with E-state index in [0.717, 1.165) is 80.4 Å². The minimum absolute atomic E-state index is 0. The number of fused-ring (bicyclic) bond motifs is 3. The van der Waals surface area contributed by atoms with Crippen molar-refractivity contribution in [3.8, 4) is 0 Å². The molecule has 2 aliphatic heterocycles. The maximum atomic E-state index is 13.2. The molecule has 0 radical (unpaired) electrons. The molecule has 0 N–H and O–H groups in total. The molecule has 34 heavy (non-hydrogen) atoms. The van der Waals surface area contributed by atoms with Crippen LogP contribution in [0.1, 0.15) is 22.6 Å². The Morgan fingerprint density at radius 2 is 1.85 bits per heavy atom. The smallest absolute Gasteiger partial charge is 0.262 e. The Bertz CT molecular complexity index is 1150. The van der Waals surface area contributed by atoms with Gasteiger partial charge in [-0.1, -0.05) is 6.07 Å². The molecule has 7 nitrogen and oxygen atoms in total. The lowest BCUT2D eigenvalue weighted by atomic mass is 10.1. The van der Waals surface area contributed by atoms with Crippen LogP contribution in [0.3, 0.4) is 0 Å². The molecule has 0 aromatic carbocycles. The quantitative estimate of drug-likeness (QED) is 0.497. The minimum Gasteiger partial charge on any atom is -0.355 e. The van der Waals surface area contributed by atoms with Gasteiger partial charge in [0.15, 0.2) is 0 Å². The molecule has 5 heterocycles. The summed E-state index contributed by atoms with van der Waals surface area (Å²) in [6.07, 6.45) is 3.80. The first-order valence-electron chi connectivity index (χ1n) is 11.2. The van der Waals surface area contributed by atoms with Crippen LogP contribution < -0.4 is 10.5 Å². The number of rotatable bonds is 4. The second-order valence-corrected chi connectivity index (χ2v) is 9.82. The average Bonchev–Trinajstić information content (AvgIpc) is 2.95. The highest BCUT2D eigenvalue weighted by Gasteiger charge is 2.22. The van der Waals surface area contributed by atoms with Crippen LogP contribution in [0.5, 0.6) is 0 Å². The molecule has 3 aromatic rings. The Morgan fingerprint density at radius 1 is 1.03 bits per heavy atom. The zero-order valence-electron chi connectivity index (χ0n) is 19.6. The van der Waals surface area contributed by atoms with Crippen molar-refractivity contribution in [1.82, 2.24) is 24.3 Å². The number of pyridine rings is 1. The van der Waals surface area contributed by atoms with E-state index in [-0.39, 0.29) is 42.8 Å². The molecule has 0 atom stereocenters. The third kappa shape index (κ3) is 6.04. The number of aromatic nitrogens is 3. The van der Waals surface area contributed by atoms with Gasteiger partial charge < -0.3 is 9.80 Å². The summed E-state index contributed by atoms with van der Waals surface area (Å²) < 4.78 is 1.82. The third-order valence-electron chi connectivity index (χ3n) is 6.46. The Morgan fingerprint density at radius 3 is 2.65 bits per heavy atom. The van der Waals surface area contributed by atoms with Crippen LogP contribution in [0, 0.1) is 6.92 Å². The van der Waals surface area contributed by atoms with E-state index in [1.165, 1.54) is 10.4 Å². The first kappa shape index (κ1) is 28.8. The van der Waals surface area contributed by atoms with Crippen molar-refractivity contribution in [2.75, 3.05) is 51.2 Å². The van der Waals surface area contributed by atoms with Gasteiger partial charge in [-0.2, -0.15) is 0 Å². The number of hydrogen-bond donors (Lipinski definition) is 0. The van der Waals surface area contributed by atoms with Crippen LogP contribution in [-0.2, 0) is 19.5 Å². The summed E-state index contributed by atoms with van der Waals surface area (Å²) in [5.41, 5.74) is 2.43. The third-order valence-corrected chi connectivity index (χ3v) is 7.59. The first-order valence-corrected chi connectivity index (χ1v) is 12.0.